The summed E-state index contributed by atoms with van der Waals surface area (Å²) in [6.07, 6.45) is 0.0958. The Labute approximate surface area is 80.0 Å². The van der Waals surface area contributed by atoms with Crippen molar-refractivity contribution in [3.8, 4) is 5.75 Å². The first kappa shape index (κ1) is 9.99. The van der Waals surface area contributed by atoms with Crippen LogP contribution in [0, 0.1) is 5.82 Å². The summed E-state index contributed by atoms with van der Waals surface area (Å²) in [6.45, 7) is 0. The van der Waals surface area contributed by atoms with Crippen LogP contribution in [0.4, 0.5) is 4.39 Å². The normalized spacial score (nSPS) is 10.0. The molecule has 2 nitrogen and oxygen atoms in total. The molecule has 0 spiro atoms. The maximum atomic E-state index is 12.7. The van der Waals surface area contributed by atoms with Gasteiger partial charge < -0.3 is 5.11 Å². The lowest BCUT2D eigenvalue weighted by atomic mass is 10.1. The maximum absolute atomic E-state index is 12.7. The fourth-order valence-corrected chi connectivity index (χ4v) is 1.13. The number of hydrogen-bond donors (Lipinski definition) is 1. The molecule has 13 heavy (non-hydrogen) atoms. The van der Waals surface area contributed by atoms with Gasteiger partial charge in [0.05, 0.1) is 5.56 Å². The van der Waals surface area contributed by atoms with E-state index in [1.54, 1.807) is 0 Å². The quantitative estimate of drug-likeness (QED) is 0.604. The molecule has 70 valence electrons. The van der Waals surface area contributed by atoms with E-state index in [4.69, 9.17) is 16.7 Å². The predicted octanol–water partition coefficient (Wildman–Crippen LogP) is 2.34. The Hall–Kier alpha value is -1.09. The van der Waals surface area contributed by atoms with Gasteiger partial charge in [0, 0.05) is 12.3 Å². The van der Waals surface area contributed by atoms with Gasteiger partial charge in [-0.25, -0.2) is 4.39 Å². The molecule has 1 aromatic rings. The first-order valence-corrected chi connectivity index (χ1v) is 4.27. The van der Waals surface area contributed by atoms with Crippen molar-refractivity contribution in [3.05, 3.63) is 29.6 Å². The summed E-state index contributed by atoms with van der Waals surface area (Å²) < 4.78 is 12.7. The third-order valence-electron chi connectivity index (χ3n) is 1.61. The van der Waals surface area contributed by atoms with Crippen molar-refractivity contribution < 1.29 is 14.3 Å². The lowest BCUT2D eigenvalue weighted by molar-refractivity contribution is 0.0986. The van der Waals surface area contributed by atoms with Crippen molar-refractivity contribution in [2.24, 2.45) is 0 Å². The highest BCUT2D eigenvalue weighted by molar-refractivity contribution is 6.19. The van der Waals surface area contributed by atoms with Crippen molar-refractivity contribution >= 4 is 17.4 Å². The highest BCUT2D eigenvalue weighted by Gasteiger charge is 2.12. The Bertz CT molecular complexity index is 325. The van der Waals surface area contributed by atoms with Gasteiger partial charge >= 0.3 is 0 Å². The van der Waals surface area contributed by atoms with Gasteiger partial charge in [0.15, 0.2) is 17.3 Å². The van der Waals surface area contributed by atoms with Crippen molar-refractivity contribution in [1.82, 2.24) is 0 Å². The van der Waals surface area contributed by atoms with Crippen LogP contribution in [-0.4, -0.2) is 16.8 Å². The van der Waals surface area contributed by atoms with Crippen molar-refractivity contribution in [2.45, 2.75) is 6.42 Å². The molecule has 0 unspecified atom stereocenters. The van der Waals surface area contributed by atoms with E-state index in [1.165, 1.54) is 12.1 Å². The smallest absolute Gasteiger partial charge is 0.167 e. The molecule has 0 aliphatic heterocycles. The van der Waals surface area contributed by atoms with E-state index in [9.17, 15) is 9.18 Å². The average Bonchev–Trinajstić information content (AvgIpc) is 2.10. The molecule has 0 fully saturated rings. The zero-order valence-electron chi connectivity index (χ0n) is 6.76. The van der Waals surface area contributed by atoms with Gasteiger partial charge in [-0.15, -0.1) is 11.6 Å². The third kappa shape index (κ3) is 2.18. The van der Waals surface area contributed by atoms with Gasteiger partial charge in [-0.1, -0.05) is 6.07 Å². The summed E-state index contributed by atoms with van der Waals surface area (Å²) in [4.78, 5) is 11.2. The van der Waals surface area contributed by atoms with Crippen LogP contribution in [0.1, 0.15) is 16.8 Å². The van der Waals surface area contributed by atoms with Gasteiger partial charge in [-0.05, 0) is 12.1 Å². The van der Waals surface area contributed by atoms with Crippen molar-refractivity contribution in [2.75, 3.05) is 5.88 Å². The molecule has 0 amide bonds. The molecular formula is C9H8ClFO2. The maximum Gasteiger partial charge on any atom is 0.167 e. The fourth-order valence-electron chi connectivity index (χ4n) is 0.961. The molecule has 1 rings (SSSR count). The number of alkyl halides is 1. The highest BCUT2D eigenvalue weighted by Crippen LogP contribution is 2.21. The molecule has 0 radical (unpaired) electrons. The van der Waals surface area contributed by atoms with Crippen LogP contribution in [-0.2, 0) is 0 Å². The van der Waals surface area contributed by atoms with Gasteiger partial charge in [-0.3, -0.25) is 4.79 Å². The van der Waals surface area contributed by atoms with Crippen LogP contribution >= 0.6 is 11.6 Å². The highest BCUT2D eigenvalue weighted by atomic mass is 35.5. The molecular weight excluding hydrogens is 195 g/mol. The van der Waals surface area contributed by atoms with E-state index < -0.39 is 11.6 Å². The van der Waals surface area contributed by atoms with Crippen LogP contribution < -0.4 is 0 Å². The fraction of sp³-hybridized carbons (Fsp3) is 0.222. The van der Waals surface area contributed by atoms with E-state index in [1.807, 2.05) is 0 Å². The Morgan fingerprint density at radius 3 is 2.85 bits per heavy atom. The molecule has 0 aromatic heterocycles. The summed E-state index contributed by atoms with van der Waals surface area (Å²) in [5, 5.41) is 9.16. The van der Waals surface area contributed by atoms with Crippen LogP contribution in [0.3, 0.4) is 0 Å². The van der Waals surface area contributed by atoms with E-state index in [2.05, 4.69) is 0 Å². The summed E-state index contributed by atoms with van der Waals surface area (Å²) in [7, 11) is 0. The number of carbonyl (C=O) groups excluding carboxylic acids is 1. The molecule has 0 bridgehead atoms. The van der Waals surface area contributed by atoms with Gasteiger partial charge in [0.2, 0.25) is 0 Å². The molecule has 1 aromatic carbocycles. The molecule has 0 aliphatic rings. The second-order valence-corrected chi connectivity index (χ2v) is 2.88. The topological polar surface area (TPSA) is 37.3 Å². The number of phenols is 1. The standard InChI is InChI=1S/C9H8ClFO2/c10-5-4-8(12)6-2-1-3-7(11)9(6)13/h1-3,13H,4-5H2. The largest absolute Gasteiger partial charge is 0.504 e. The van der Waals surface area contributed by atoms with Gasteiger partial charge in [0.1, 0.15) is 0 Å². The number of ketones is 1. The number of Topliss-reactive ketones (excluding diaryl/α,β-unsaturated/α-hetero) is 1. The average molecular weight is 203 g/mol. The van der Waals surface area contributed by atoms with E-state index in [0.717, 1.165) is 6.07 Å². The number of carbonyl (C=O) groups is 1. The zero-order valence-corrected chi connectivity index (χ0v) is 7.51. The number of halogens is 2. The monoisotopic (exact) mass is 202 g/mol. The summed E-state index contributed by atoms with van der Waals surface area (Å²) in [5.74, 6) is -1.58. The van der Waals surface area contributed by atoms with Crippen molar-refractivity contribution in [1.29, 1.82) is 0 Å². The van der Waals surface area contributed by atoms with Crippen LogP contribution in [0.15, 0.2) is 18.2 Å². The van der Waals surface area contributed by atoms with E-state index >= 15 is 0 Å². The second kappa shape index (κ2) is 4.23. The number of benzene rings is 1. The lowest BCUT2D eigenvalue weighted by Crippen LogP contribution is -2.00. The summed E-state index contributed by atoms with van der Waals surface area (Å²) >= 11 is 5.34. The van der Waals surface area contributed by atoms with Crippen molar-refractivity contribution in [3.63, 3.8) is 0 Å². The molecule has 0 saturated carbocycles. The lowest BCUT2D eigenvalue weighted by Gasteiger charge is -2.02. The Morgan fingerprint density at radius 2 is 2.23 bits per heavy atom. The molecule has 0 aliphatic carbocycles. The van der Waals surface area contributed by atoms with Gasteiger partial charge in [-0.2, -0.15) is 0 Å². The summed E-state index contributed by atoms with van der Waals surface area (Å²) in [6, 6.07) is 3.83. The van der Waals surface area contributed by atoms with Gasteiger partial charge in [0.25, 0.3) is 0 Å². The molecule has 0 saturated heterocycles. The number of para-hydroxylation sites is 1. The molecule has 0 atom stereocenters. The Morgan fingerprint density at radius 1 is 1.54 bits per heavy atom. The van der Waals surface area contributed by atoms with E-state index in [-0.39, 0.29) is 23.6 Å². The molecule has 0 heterocycles. The first-order valence-electron chi connectivity index (χ1n) is 3.73. The number of rotatable bonds is 3. The SMILES string of the molecule is O=C(CCCl)c1cccc(F)c1O. The summed E-state index contributed by atoms with van der Waals surface area (Å²) in [5.41, 5.74) is -0.0133. The minimum Gasteiger partial charge on any atom is -0.504 e. The molecule has 1 N–H and O–H groups in total. The van der Waals surface area contributed by atoms with Crippen LogP contribution in [0.2, 0.25) is 0 Å². The third-order valence-corrected chi connectivity index (χ3v) is 1.80. The predicted molar refractivity (Wildman–Crippen MR) is 47.7 cm³/mol. The van der Waals surface area contributed by atoms with E-state index in [0.29, 0.717) is 0 Å². The number of aromatic hydroxyl groups is 1. The number of phenolic OH excluding ortho intramolecular Hbond substituents is 1. The van der Waals surface area contributed by atoms with Crippen LogP contribution in [0.25, 0.3) is 0 Å². The minimum atomic E-state index is -0.791. The first-order chi connectivity index (χ1) is 6.16. The Kier molecular flexibility index (Phi) is 3.25. The Balaban J connectivity index is 3.01. The minimum absolute atomic E-state index is 0.0133. The van der Waals surface area contributed by atoms with Crippen LogP contribution in [0.5, 0.6) is 5.75 Å². The second-order valence-electron chi connectivity index (χ2n) is 2.50. The number of hydrogen-bond acceptors (Lipinski definition) is 2. The zero-order chi connectivity index (χ0) is 9.84. The molecule has 4 heteroatoms.